The summed E-state index contributed by atoms with van der Waals surface area (Å²) in [5.41, 5.74) is 2.83. The van der Waals surface area contributed by atoms with Crippen LogP contribution in [0.1, 0.15) is 28.8 Å². The van der Waals surface area contributed by atoms with Gasteiger partial charge in [0.05, 0.1) is 12.6 Å². The van der Waals surface area contributed by atoms with E-state index in [-0.39, 0.29) is 11.9 Å². The average Bonchev–Trinajstić information content (AvgIpc) is 2.39. The molecule has 1 aliphatic rings. The van der Waals surface area contributed by atoms with Gasteiger partial charge in [-0.15, -0.1) is 0 Å². The second-order valence-electron chi connectivity index (χ2n) is 4.67. The van der Waals surface area contributed by atoms with Crippen molar-refractivity contribution >= 4 is 11.6 Å². The Bertz CT molecular complexity index is 426. The fraction of sp³-hybridized carbons (Fsp3) is 0.500. The molecule has 4 nitrogen and oxygen atoms in total. The predicted molar refractivity (Wildman–Crippen MR) is 72.0 cm³/mol. The summed E-state index contributed by atoms with van der Waals surface area (Å²) in [6, 6.07) is 5.83. The molecular formula is C14H20N2O2. The van der Waals surface area contributed by atoms with Crippen LogP contribution in [0.25, 0.3) is 0 Å². The van der Waals surface area contributed by atoms with Crippen LogP contribution in [-0.2, 0) is 4.74 Å². The number of nitrogens with one attached hydrogen (secondary N) is 2. The monoisotopic (exact) mass is 248 g/mol. The van der Waals surface area contributed by atoms with E-state index < -0.39 is 0 Å². The summed E-state index contributed by atoms with van der Waals surface area (Å²) in [5.74, 6) is -0.0174. The summed E-state index contributed by atoms with van der Waals surface area (Å²) in [7, 11) is 1.88. The Morgan fingerprint density at radius 3 is 2.89 bits per heavy atom. The first kappa shape index (κ1) is 12.9. The van der Waals surface area contributed by atoms with Gasteiger partial charge >= 0.3 is 0 Å². The SMILES string of the molecule is CNc1ccc(C(=O)NC2CCCOC2)cc1C. The molecule has 98 valence electrons. The van der Waals surface area contributed by atoms with Crippen molar-refractivity contribution in [1.82, 2.24) is 5.32 Å². The number of hydrogen-bond donors (Lipinski definition) is 2. The van der Waals surface area contributed by atoms with Crippen molar-refractivity contribution in [3.63, 3.8) is 0 Å². The largest absolute Gasteiger partial charge is 0.388 e. The first-order chi connectivity index (χ1) is 8.70. The van der Waals surface area contributed by atoms with Crippen LogP contribution < -0.4 is 10.6 Å². The van der Waals surface area contributed by atoms with Crippen molar-refractivity contribution in [3.05, 3.63) is 29.3 Å². The van der Waals surface area contributed by atoms with Crippen LogP contribution >= 0.6 is 0 Å². The van der Waals surface area contributed by atoms with Gasteiger partial charge in [-0.3, -0.25) is 4.79 Å². The lowest BCUT2D eigenvalue weighted by atomic mass is 10.1. The first-order valence-corrected chi connectivity index (χ1v) is 6.37. The third-order valence-electron chi connectivity index (χ3n) is 3.25. The molecule has 1 fully saturated rings. The summed E-state index contributed by atoms with van der Waals surface area (Å²) >= 11 is 0. The van der Waals surface area contributed by atoms with E-state index in [1.54, 1.807) is 0 Å². The van der Waals surface area contributed by atoms with Crippen LogP contribution in [0.5, 0.6) is 0 Å². The summed E-state index contributed by atoms with van der Waals surface area (Å²) in [4.78, 5) is 12.1. The van der Waals surface area contributed by atoms with Crippen molar-refractivity contribution < 1.29 is 9.53 Å². The van der Waals surface area contributed by atoms with Crippen LogP contribution in [-0.4, -0.2) is 32.2 Å². The van der Waals surface area contributed by atoms with Gasteiger partial charge in [-0.2, -0.15) is 0 Å². The number of ether oxygens (including phenoxy) is 1. The number of carbonyl (C=O) groups excluding carboxylic acids is 1. The molecule has 0 bridgehead atoms. The van der Waals surface area contributed by atoms with Gasteiger partial charge in [0, 0.05) is 24.9 Å². The summed E-state index contributed by atoms with van der Waals surface area (Å²) < 4.78 is 5.35. The minimum Gasteiger partial charge on any atom is -0.388 e. The van der Waals surface area contributed by atoms with Crippen molar-refractivity contribution in [2.75, 3.05) is 25.6 Å². The lowest BCUT2D eigenvalue weighted by molar-refractivity contribution is 0.0624. The normalized spacial score (nSPS) is 19.3. The molecule has 0 aliphatic carbocycles. The van der Waals surface area contributed by atoms with Gasteiger partial charge in [0.15, 0.2) is 0 Å². The molecule has 0 saturated carbocycles. The van der Waals surface area contributed by atoms with E-state index in [0.29, 0.717) is 12.2 Å². The standard InChI is InChI=1S/C14H20N2O2/c1-10-8-11(5-6-13(10)15-2)14(17)16-12-4-3-7-18-9-12/h5-6,8,12,15H,3-4,7,9H2,1-2H3,(H,16,17). The number of anilines is 1. The summed E-state index contributed by atoms with van der Waals surface area (Å²) in [6.45, 7) is 3.42. The van der Waals surface area contributed by atoms with Crippen LogP contribution in [0, 0.1) is 6.92 Å². The zero-order valence-corrected chi connectivity index (χ0v) is 11.0. The lowest BCUT2D eigenvalue weighted by Gasteiger charge is -2.23. The Morgan fingerprint density at radius 1 is 1.44 bits per heavy atom. The molecule has 0 spiro atoms. The Labute approximate surface area is 108 Å². The molecule has 18 heavy (non-hydrogen) atoms. The number of hydrogen-bond acceptors (Lipinski definition) is 3. The summed E-state index contributed by atoms with van der Waals surface area (Å²) in [5, 5.41) is 6.11. The molecule has 0 radical (unpaired) electrons. The van der Waals surface area contributed by atoms with Crippen molar-refractivity contribution in [1.29, 1.82) is 0 Å². The minimum atomic E-state index is -0.0174. The quantitative estimate of drug-likeness (QED) is 0.859. The highest BCUT2D eigenvalue weighted by Gasteiger charge is 2.17. The molecule has 4 heteroatoms. The third-order valence-corrected chi connectivity index (χ3v) is 3.25. The maximum atomic E-state index is 12.1. The predicted octanol–water partition coefficient (Wildman–Crippen LogP) is 1.95. The van der Waals surface area contributed by atoms with E-state index in [1.165, 1.54) is 0 Å². The highest BCUT2D eigenvalue weighted by Crippen LogP contribution is 2.16. The fourth-order valence-corrected chi connectivity index (χ4v) is 2.21. The first-order valence-electron chi connectivity index (χ1n) is 6.37. The lowest BCUT2D eigenvalue weighted by Crippen LogP contribution is -2.40. The molecule has 2 rings (SSSR count). The smallest absolute Gasteiger partial charge is 0.251 e. The molecule has 0 aromatic heterocycles. The molecule has 2 N–H and O–H groups in total. The second-order valence-corrected chi connectivity index (χ2v) is 4.67. The number of carbonyl (C=O) groups is 1. The Morgan fingerprint density at radius 2 is 2.28 bits per heavy atom. The molecule has 1 amide bonds. The van der Waals surface area contributed by atoms with E-state index in [2.05, 4.69) is 10.6 Å². The molecular weight excluding hydrogens is 228 g/mol. The molecule has 1 aromatic rings. The van der Waals surface area contributed by atoms with E-state index >= 15 is 0 Å². The van der Waals surface area contributed by atoms with Gasteiger partial charge in [-0.1, -0.05) is 0 Å². The Hall–Kier alpha value is -1.55. The van der Waals surface area contributed by atoms with Crippen LogP contribution in [0.3, 0.4) is 0 Å². The number of amides is 1. The van der Waals surface area contributed by atoms with Crippen LogP contribution in [0.2, 0.25) is 0 Å². The fourth-order valence-electron chi connectivity index (χ4n) is 2.21. The molecule has 1 aliphatic heterocycles. The highest BCUT2D eigenvalue weighted by atomic mass is 16.5. The Kier molecular flexibility index (Phi) is 4.20. The van der Waals surface area contributed by atoms with E-state index in [4.69, 9.17) is 4.74 Å². The molecule has 1 saturated heterocycles. The van der Waals surface area contributed by atoms with Gasteiger partial charge in [0.2, 0.25) is 0 Å². The average molecular weight is 248 g/mol. The van der Waals surface area contributed by atoms with Crippen molar-refractivity contribution in [2.45, 2.75) is 25.8 Å². The zero-order chi connectivity index (χ0) is 13.0. The highest BCUT2D eigenvalue weighted by molar-refractivity contribution is 5.95. The molecule has 1 heterocycles. The van der Waals surface area contributed by atoms with Crippen LogP contribution in [0.15, 0.2) is 18.2 Å². The number of rotatable bonds is 3. The van der Waals surface area contributed by atoms with Gasteiger partial charge in [0.25, 0.3) is 5.91 Å². The van der Waals surface area contributed by atoms with Gasteiger partial charge in [0.1, 0.15) is 0 Å². The van der Waals surface area contributed by atoms with E-state index in [0.717, 1.165) is 30.7 Å². The Balaban J connectivity index is 2.01. The third kappa shape index (κ3) is 3.01. The maximum absolute atomic E-state index is 12.1. The molecule has 1 unspecified atom stereocenters. The van der Waals surface area contributed by atoms with Crippen molar-refractivity contribution in [3.8, 4) is 0 Å². The maximum Gasteiger partial charge on any atom is 0.251 e. The van der Waals surface area contributed by atoms with Gasteiger partial charge < -0.3 is 15.4 Å². The molecule has 1 aromatic carbocycles. The van der Waals surface area contributed by atoms with E-state index in [1.807, 2.05) is 32.2 Å². The number of aryl methyl sites for hydroxylation is 1. The second kappa shape index (κ2) is 5.87. The topological polar surface area (TPSA) is 50.4 Å². The van der Waals surface area contributed by atoms with Crippen molar-refractivity contribution in [2.24, 2.45) is 0 Å². The minimum absolute atomic E-state index is 0.0174. The van der Waals surface area contributed by atoms with Gasteiger partial charge in [-0.25, -0.2) is 0 Å². The zero-order valence-electron chi connectivity index (χ0n) is 11.0. The van der Waals surface area contributed by atoms with E-state index in [9.17, 15) is 4.79 Å². The summed E-state index contributed by atoms with van der Waals surface area (Å²) in [6.07, 6.45) is 2.02. The molecule has 1 atom stereocenters. The number of benzene rings is 1. The van der Waals surface area contributed by atoms with Crippen LogP contribution in [0.4, 0.5) is 5.69 Å². The van der Waals surface area contributed by atoms with Gasteiger partial charge in [-0.05, 0) is 43.5 Å².